The molecule has 0 fully saturated rings. The van der Waals surface area contributed by atoms with Crippen LogP contribution < -0.4 is 9.80 Å². The standard InChI is InChI=1S/C91H62N4/c1-59-28-27-35-63(56-59)95-83-51-26-24-37-67(83)81-58-65(53-55-85(81)95)93(61-31-7-3-8-32-61)91-78-48-21-17-44-74(78)89(75-45-18-22-49-79(75)91)87-70-40-13-11-38-68(70)86(69-39-12-14-41-71(69)87)88-72-42-15-19-46-76(72)90(77-47-20-16-43-73(77)88)92(60-29-5-2-6-30-60)64-52-54-84-80(57-64)66-36-23-25-50-82(66)94(84)62-33-9-4-10-34-62/h2-27,29-59H,28H2,1H3. The molecule has 0 aliphatic heterocycles. The SMILES string of the molecule is CC1C=C(n2c3ccccc3c3cc(N(c4ccccc4)c4c5ccccc5c(-c5c6ccccc6c(-c6c7ccccc7c(N(c7ccccc7)c7ccc8c(c7)c7ccccc7n8-c7ccccc7)c7ccccc67)c6ccccc56)c5ccccc45)ccc32)C=CC1. The summed E-state index contributed by atoms with van der Waals surface area (Å²) in [5.74, 6) is 0.462. The number of benzene rings is 16. The van der Waals surface area contributed by atoms with Crippen molar-refractivity contribution in [2.45, 2.75) is 13.3 Å². The summed E-state index contributed by atoms with van der Waals surface area (Å²) in [5, 5.41) is 19.1. The number of fused-ring (bicyclic) bond motifs is 12. The van der Waals surface area contributed by atoms with Gasteiger partial charge in [-0.3, -0.25) is 0 Å². The monoisotopic (exact) mass is 1210 g/mol. The number of rotatable bonds is 10. The highest BCUT2D eigenvalue weighted by molar-refractivity contribution is 6.34. The Morgan fingerprint density at radius 2 is 0.558 bits per heavy atom. The van der Waals surface area contributed by atoms with Gasteiger partial charge in [0.05, 0.1) is 33.4 Å². The molecule has 0 bridgehead atoms. The highest BCUT2D eigenvalue weighted by atomic mass is 15.2. The molecule has 1 atom stereocenters. The Bertz CT molecular complexity index is 6040. The van der Waals surface area contributed by atoms with Crippen molar-refractivity contribution in [3.63, 3.8) is 0 Å². The highest BCUT2D eigenvalue weighted by Crippen LogP contribution is 2.56. The van der Waals surface area contributed by atoms with Crippen molar-refractivity contribution in [3.05, 3.63) is 340 Å². The Labute approximate surface area is 550 Å². The average molecular weight is 1210 g/mol. The van der Waals surface area contributed by atoms with Crippen LogP contribution in [0.2, 0.25) is 0 Å². The first-order chi connectivity index (χ1) is 47.1. The molecular formula is C91H62N4. The fourth-order valence-corrected chi connectivity index (χ4v) is 16.2. The van der Waals surface area contributed by atoms with E-state index in [-0.39, 0.29) is 0 Å². The van der Waals surface area contributed by atoms with E-state index in [2.05, 4.69) is 366 Å². The lowest BCUT2D eigenvalue weighted by Gasteiger charge is -2.30. The third-order valence-corrected chi connectivity index (χ3v) is 20.1. The second-order valence-corrected chi connectivity index (χ2v) is 25.5. The second-order valence-electron chi connectivity index (χ2n) is 25.5. The highest BCUT2D eigenvalue weighted by Gasteiger charge is 2.29. The maximum absolute atomic E-state index is 2.52. The van der Waals surface area contributed by atoms with Crippen LogP contribution in [-0.4, -0.2) is 9.13 Å². The molecule has 16 aromatic carbocycles. The van der Waals surface area contributed by atoms with Crippen molar-refractivity contribution in [1.82, 2.24) is 9.13 Å². The van der Waals surface area contributed by atoms with Crippen molar-refractivity contribution in [3.8, 4) is 27.9 Å². The molecule has 1 unspecified atom stereocenters. The molecule has 95 heavy (non-hydrogen) atoms. The molecule has 0 amide bonds. The van der Waals surface area contributed by atoms with Gasteiger partial charge in [0.25, 0.3) is 0 Å². The van der Waals surface area contributed by atoms with E-state index in [0.717, 1.165) is 46.2 Å². The summed E-state index contributed by atoms with van der Waals surface area (Å²) >= 11 is 0. The van der Waals surface area contributed by atoms with Crippen molar-refractivity contribution >= 4 is 148 Å². The Morgan fingerprint density at radius 3 is 0.937 bits per heavy atom. The zero-order chi connectivity index (χ0) is 62.7. The van der Waals surface area contributed by atoms with Crippen LogP contribution in [0.3, 0.4) is 0 Å². The molecule has 2 heterocycles. The van der Waals surface area contributed by atoms with Crippen LogP contribution in [0.4, 0.5) is 34.1 Å². The molecule has 1 aliphatic rings. The predicted molar refractivity (Wildman–Crippen MR) is 406 cm³/mol. The van der Waals surface area contributed by atoms with Crippen LogP contribution in [0.1, 0.15) is 13.3 Å². The predicted octanol–water partition coefficient (Wildman–Crippen LogP) is 25.5. The Morgan fingerprint density at radius 1 is 0.263 bits per heavy atom. The van der Waals surface area contributed by atoms with Crippen LogP contribution in [-0.2, 0) is 0 Å². The summed E-state index contributed by atoms with van der Waals surface area (Å²) in [6.45, 7) is 2.31. The smallest absolute Gasteiger partial charge is 0.0618 e. The van der Waals surface area contributed by atoms with Crippen molar-refractivity contribution in [2.24, 2.45) is 5.92 Å². The fourth-order valence-electron chi connectivity index (χ4n) is 16.2. The van der Waals surface area contributed by atoms with Gasteiger partial charge in [0.2, 0.25) is 0 Å². The molecule has 2 aromatic heterocycles. The molecule has 446 valence electrons. The topological polar surface area (TPSA) is 16.3 Å². The second kappa shape index (κ2) is 22.0. The molecule has 0 saturated heterocycles. The van der Waals surface area contributed by atoms with Gasteiger partial charge < -0.3 is 18.9 Å². The van der Waals surface area contributed by atoms with Crippen LogP contribution in [0.25, 0.3) is 142 Å². The minimum atomic E-state index is 0.462. The summed E-state index contributed by atoms with van der Waals surface area (Å²) in [4.78, 5) is 5.02. The summed E-state index contributed by atoms with van der Waals surface area (Å²) in [5.41, 5.74) is 18.7. The zero-order valence-corrected chi connectivity index (χ0v) is 52.4. The van der Waals surface area contributed by atoms with E-state index >= 15 is 0 Å². The van der Waals surface area contributed by atoms with Crippen LogP contribution in [0.15, 0.2) is 340 Å². The molecule has 0 N–H and O–H groups in total. The lowest BCUT2D eigenvalue weighted by atomic mass is 9.80. The fraction of sp³-hybridized carbons (Fsp3) is 0.0330. The lowest BCUT2D eigenvalue weighted by molar-refractivity contribution is 0.735. The molecule has 4 heteroatoms. The van der Waals surface area contributed by atoms with Crippen molar-refractivity contribution in [1.29, 1.82) is 0 Å². The Kier molecular flexibility index (Phi) is 12.6. The first kappa shape index (κ1) is 54.5. The summed E-state index contributed by atoms with van der Waals surface area (Å²) < 4.78 is 4.86. The van der Waals surface area contributed by atoms with Crippen LogP contribution in [0, 0.1) is 5.92 Å². The minimum Gasteiger partial charge on any atom is -0.310 e. The Balaban J connectivity index is 0.850. The first-order valence-corrected chi connectivity index (χ1v) is 33.1. The first-order valence-electron chi connectivity index (χ1n) is 33.1. The number of allylic oxidation sites excluding steroid dienone is 4. The third-order valence-electron chi connectivity index (χ3n) is 20.1. The summed E-state index contributed by atoms with van der Waals surface area (Å²) in [6.07, 6.45) is 8.10. The average Bonchev–Trinajstić information content (AvgIpc) is 1.38. The maximum atomic E-state index is 2.52. The normalized spacial score (nSPS) is 13.4. The van der Waals surface area contributed by atoms with Gasteiger partial charge in [0, 0.05) is 77.2 Å². The minimum absolute atomic E-state index is 0.462. The van der Waals surface area contributed by atoms with Gasteiger partial charge >= 0.3 is 0 Å². The molecule has 19 rings (SSSR count). The van der Waals surface area contributed by atoms with Crippen LogP contribution >= 0.6 is 0 Å². The van der Waals surface area contributed by atoms with E-state index in [4.69, 9.17) is 0 Å². The van der Waals surface area contributed by atoms with Crippen molar-refractivity contribution in [2.75, 3.05) is 9.80 Å². The van der Waals surface area contributed by atoms with Gasteiger partial charge in [-0.15, -0.1) is 0 Å². The summed E-state index contributed by atoms with van der Waals surface area (Å²) in [6, 6.07) is 120. The van der Waals surface area contributed by atoms with Gasteiger partial charge in [-0.1, -0.05) is 256 Å². The lowest BCUT2D eigenvalue weighted by Crippen LogP contribution is -2.11. The van der Waals surface area contributed by atoms with Gasteiger partial charge in [-0.25, -0.2) is 0 Å². The third kappa shape index (κ3) is 8.47. The molecule has 0 saturated carbocycles. The molecule has 0 spiro atoms. The number of anilines is 6. The number of hydrogen-bond acceptors (Lipinski definition) is 2. The van der Waals surface area contributed by atoms with Gasteiger partial charge in [-0.05, 0) is 169 Å². The molecule has 0 radical (unpaired) electrons. The van der Waals surface area contributed by atoms with Crippen molar-refractivity contribution < 1.29 is 0 Å². The number of aromatic nitrogens is 2. The Hall–Kier alpha value is -12.2. The molecular weight excluding hydrogens is 1150 g/mol. The number of nitrogens with zero attached hydrogens (tertiary/aromatic N) is 4. The molecule has 18 aromatic rings. The van der Waals surface area contributed by atoms with E-state index in [9.17, 15) is 0 Å². The van der Waals surface area contributed by atoms with Gasteiger partial charge in [0.15, 0.2) is 0 Å². The van der Waals surface area contributed by atoms with E-state index < -0.39 is 0 Å². The number of para-hydroxylation sites is 5. The van der Waals surface area contributed by atoms with E-state index in [1.807, 2.05) is 0 Å². The van der Waals surface area contributed by atoms with Gasteiger partial charge in [-0.2, -0.15) is 0 Å². The largest absolute Gasteiger partial charge is 0.310 e. The zero-order valence-electron chi connectivity index (χ0n) is 52.4. The van der Waals surface area contributed by atoms with E-state index in [0.29, 0.717) is 5.92 Å². The quantitative estimate of drug-likeness (QED) is 0.127. The van der Waals surface area contributed by atoms with Crippen LogP contribution in [0.5, 0.6) is 0 Å². The van der Waals surface area contributed by atoms with E-state index in [1.165, 1.54) is 136 Å². The molecule has 4 nitrogen and oxygen atoms in total. The van der Waals surface area contributed by atoms with Gasteiger partial charge in [0.1, 0.15) is 0 Å². The number of hydrogen-bond donors (Lipinski definition) is 0. The van der Waals surface area contributed by atoms with E-state index in [1.54, 1.807) is 0 Å². The summed E-state index contributed by atoms with van der Waals surface area (Å²) in [7, 11) is 0. The molecule has 1 aliphatic carbocycles. The maximum Gasteiger partial charge on any atom is 0.0618 e.